The normalized spacial score (nSPS) is 10.4. The van der Waals surface area contributed by atoms with Gasteiger partial charge in [-0.2, -0.15) is 0 Å². The van der Waals surface area contributed by atoms with E-state index in [1.54, 1.807) is 24.3 Å². The highest BCUT2D eigenvalue weighted by molar-refractivity contribution is 9.10. The highest BCUT2D eigenvalue weighted by Crippen LogP contribution is 2.24. The van der Waals surface area contributed by atoms with E-state index in [9.17, 15) is 0 Å². The van der Waals surface area contributed by atoms with Crippen LogP contribution in [0.3, 0.4) is 0 Å². The van der Waals surface area contributed by atoms with Gasteiger partial charge in [0.15, 0.2) is 0 Å². The van der Waals surface area contributed by atoms with Crippen LogP contribution in [0.2, 0.25) is 5.02 Å². The van der Waals surface area contributed by atoms with Crippen molar-refractivity contribution in [3.63, 3.8) is 0 Å². The molecule has 0 atom stereocenters. The van der Waals surface area contributed by atoms with Crippen LogP contribution >= 0.6 is 39.5 Å². The van der Waals surface area contributed by atoms with Gasteiger partial charge in [-0.1, -0.05) is 30.5 Å². The van der Waals surface area contributed by atoms with Gasteiger partial charge in [0.25, 0.3) is 0 Å². The van der Waals surface area contributed by atoms with E-state index in [1.807, 2.05) is 0 Å². The summed E-state index contributed by atoms with van der Waals surface area (Å²) in [5.41, 5.74) is 1.01. The topological polar surface area (TPSA) is 24.9 Å². The Kier molecular flexibility index (Phi) is 5.09. The molecule has 1 rings (SSSR count). The van der Waals surface area contributed by atoms with E-state index < -0.39 is 0 Å². The smallest absolute Gasteiger partial charge is 0.0624 e. The molecule has 1 N–H and O–H groups in total. The lowest BCUT2D eigenvalue weighted by atomic mass is 10.3. The average molecular weight is 282 g/mol. The third-order valence-corrected chi connectivity index (χ3v) is 3.33. The molecule has 2 nitrogen and oxygen atoms in total. The first-order valence-electron chi connectivity index (χ1n) is 3.88. The number of halogens is 2. The minimum absolute atomic E-state index is 0.735. The first kappa shape index (κ1) is 11.3. The zero-order valence-electron chi connectivity index (χ0n) is 7.18. The van der Waals surface area contributed by atoms with Crippen molar-refractivity contribution in [1.29, 1.82) is 0 Å². The zero-order valence-corrected chi connectivity index (χ0v) is 10.3. The van der Waals surface area contributed by atoms with Crippen LogP contribution < -0.4 is 4.72 Å². The van der Waals surface area contributed by atoms with Crippen LogP contribution in [0.15, 0.2) is 16.9 Å². The van der Waals surface area contributed by atoms with Gasteiger partial charge in [0.1, 0.15) is 0 Å². The molecule has 0 aliphatic heterocycles. The third kappa shape index (κ3) is 3.46. The summed E-state index contributed by atoms with van der Waals surface area (Å²) in [6.45, 7) is 2.84. The Morgan fingerprint density at radius 1 is 1.62 bits per heavy atom. The first-order chi connectivity index (χ1) is 6.25. The van der Waals surface area contributed by atoms with E-state index in [2.05, 4.69) is 32.6 Å². The van der Waals surface area contributed by atoms with Gasteiger partial charge in [-0.05, 0) is 15.9 Å². The molecule has 1 aromatic rings. The van der Waals surface area contributed by atoms with Crippen LogP contribution in [0.1, 0.15) is 12.5 Å². The summed E-state index contributed by atoms with van der Waals surface area (Å²) in [5, 5.41) is 0.735. The Labute approximate surface area is 95.7 Å². The maximum atomic E-state index is 6.04. The molecule has 0 aromatic carbocycles. The van der Waals surface area contributed by atoms with Crippen molar-refractivity contribution in [2.24, 2.45) is 0 Å². The zero-order chi connectivity index (χ0) is 9.68. The van der Waals surface area contributed by atoms with E-state index in [1.165, 1.54) is 0 Å². The number of rotatable bonds is 4. The molecular weight excluding hydrogens is 272 g/mol. The van der Waals surface area contributed by atoms with Crippen LogP contribution in [0.4, 0.5) is 0 Å². The Balaban J connectivity index is 2.61. The van der Waals surface area contributed by atoms with E-state index in [-0.39, 0.29) is 0 Å². The first-order valence-corrected chi connectivity index (χ1v) is 6.04. The number of pyridine rings is 1. The molecule has 72 valence electrons. The van der Waals surface area contributed by atoms with Crippen LogP contribution in [0.5, 0.6) is 0 Å². The van der Waals surface area contributed by atoms with Gasteiger partial charge in [-0.15, -0.1) is 0 Å². The summed E-state index contributed by atoms with van der Waals surface area (Å²) in [5.74, 6) is 1.04. The van der Waals surface area contributed by atoms with Crippen molar-refractivity contribution in [1.82, 2.24) is 9.71 Å². The van der Waals surface area contributed by atoms with Gasteiger partial charge in [-0.3, -0.25) is 9.71 Å². The van der Waals surface area contributed by atoms with E-state index >= 15 is 0 Å². The predicted molar refractivity (Wildman–Crippen MR) is 61.9 cm³/mol. The van der Waals surface area contributed by atoms with Crippen molar-refractivity contribution in [3.8, 4) is 0 Å². The Morgan fingerprint density at radius 2 is 2.38 bits per heavy atom. The molecule has 1 heterocycles. The van der Waals surface area contributed by atoms with Crippen molar-refractivity contribution in [3.05, 3.63) is 27.5 Å². The summed E-state index contributed by atoms with van der Waals surface area (Å²) in [6.07, 6.45) is 3.47. The monoisotopic (exact) mass is 280 g/mol. The summed E-state index contributed by atoms with van der Waals surface area (Å²) in [7, 11) is 0. The molecule has 5 heteroatoms. The van der Waals surface area contributed by atoms with Gasteiger partial charge in [0.2, 0.25) is 0 Å². The van der Waals surface area contributed by atoms with Crippen LogP contribution in [0, 0.1) is 0 Å². The van der Waals surface area contributed by atoms with E-state index in [0.29, 0.717) is 0 Å². The molecule has 0 fully saturated rings. The molecule has 13 heavy (non-hydrogen) atoms. The standard InChI is InChI=1S/C8H10BrClN2S/c1-2-13-12-4-6-3-11-5-7(9)8(6)10/h3,5,12H,2,4H2,1H3. The predicted octanol–water partition coefficient (Wildman–Crippen LogP) is 3.26. The second-order valence-electron chi connectivity index (χ2n) is 2.35. The largest absolute Gasteiger partial charge is 0.263 e. The summed E-state index contributed by atoms with van der Waals surface area (Å²) >= 11 is 11.0. The Morgan fingerprint density at radius 3 is 3.08 bits per heavy atom. The van der Waals surface area contributed by atoms with Crippen molar-refractivity contribution in [2.45, 2.75) is 13.5 Å². The molecule has 0 radical (unpaired) electrons. The SMILES string of the molecule is CCSNCc1cncc(Br)c1Cl. The minimum Gasteiger partial charge on any atom is -0.263 e. The van der Waals surface area contributed by atoms with Crippen molar-refractivity contribution in [2.75, 3.05) is 5.75 Å². The maximum Gasteiger partial charge on any atom is 0.0624 e. The number of hydrogen-bond donors (Lipinski definition) is 1. The number of nitrogens with zero attached hydrogens (tertiary/aromatic N) is 1. The summed E-state index contributed by atoms with van der Waals surface area (Å²) in [6, 6.07) is 0. The fourth-order valence-corrected chi connectivity index (χ4v) is 1.81. The Hall–Kier alpha value is 0.230. The molecule has 0 spiro atoms. The van der Waals surface area contributed by atoms with E-state index in [4.69, 9.17) is 11.6 Å². The molecule has 0 unspecified atom stereocenters. The third-order valence-electron chi connectivity index (χ3n) is 1.42. The second-order valence-corrected chi connectivity index (χ2v) is 4.74. The van der Waals surface area contributed by atoms with Gasteiger partial charge >= 0.3 is 0 Å². The van der Waals surface area contributed by atoms with E-state index in [0.717, 1.165) is 27.4 Å². The molecule has 0 aliphatic rings. The molecule has 0 saturated heterocycles. The fourth-order valence-electron chi connectivity index (χ4n) is 0.813. The lowest BCUT2D eigenvalue weighted by Crippen LogP contribution is -2.04. The number of nitrogens with one attached hydrogen (secondary N) is 1. The minimum atomic E-state index is 0.735. The maximum absolute atomic E-state index is 6.04. The second kappa shape index (κ2) is 5.86. The molecule has 0 aliphatic carbocycles. The van der Waals surface area contributed by atoms with Crippen LogP contribution in [-0.2, 0) is 6.54 Å². The highest BCUT2D eigenvalue weighted by atomic mass is 79.9. The summed E-state index contributed by atoms with van der Waals surface area (Å²) < 4.78 is 4.03. The van der Waals surface area contributed by atoms with Crippen LogP contribution in [0.25, 0.3) is 0 Å². The van der Waals surface area contributed by atoms with Gasteiger partial charge in [0.05, 0.1) is 9.50 Å². The molecule has 0 amide bonds. The number of hydrogen-bond acceptors (Lipinski definition) is 3. The Bertz CT molecular complexity index is 283. The van der Waals surface area contributed by atoms with Crippen molar-refractivity contribution < 1.29 is 0 Å². The highest BCUT2D eigenvalue weighted by Gasteiger charge is 2.03. The summed E-state index contributed by atoms with van der Waals surface area (Å²) in [4.78, 5) is 4.04. The molecule has 0 saturated carbocycles. The molecule has 0 bridgehead atoms. The van der Waals surface area contributed by atoms with Crippen molar-refractivity contribution >= 4 is 39.5 Å². The van der Waals surface area contributed by atoms with Gasteiger partial charge < -0.3 is 0 Å². The quantitative estimate of drug-likeness (QED) is 0.677. The molecule has 1 aromatic heterocycles. The fraction of sp³-hybridized carbons (Fsp3) is 0.375. The van der Waals surface area contributed by atoms with Gasteiger partial charge in [0, 0.05) is 30.3 Å². The van der Waals surface area contributed by atoms with Gasteiger partial charge in [-0.25, -0.2) is 0 Å². The lowest BCUT2D eigenvalue weighted by Gasteiger charge is -2.05. The lowest BCUT2D eigenvalue weighted by molar-refractivity contribution is 0.961. The average Bonchev–Trinajstić information content (AvgIpc) is 2.13. The number of aromatic nitrogens is 1. The molecular formula is C8H10BrClN2S. The van der Waals surface area contributed by atoms with Crippen LogP contribution in [-0.4, -0.2) is 10.7 Å².